The Morgan fingerprint density at radius 2 is 1.97 bits per heavy atom. The second-order valence-electron chi connectivity index (χ2n) is 6.78. The van der Waals surface area contributed by atoms with Crippen molar-refractivity contribution in [1.82, 2.24) is 20.3 Å². The highest BCUT2D eigenvalue weighted by molar-refractivity contribution is 8.26. The Hall–Kier alpha value is -2.85. The molecule has 1 aromatic carbocycles. The molecule has 1 atom stereocenters. The first-order valence-electron chi connectivity index (χ1n) is 9.66. The Morgan fingerprint density at radius 3 is 2.68 bits per heavy atom. The van der Waals surface area contributed by atoms with Crippen molar-refractivity contribution in [3.8, 4) is 5.75 Å². The molecule has 160 valence electrons. The lowest BCUT2D eigenvalue weighted by molar-refractivity contribution is -0.112. The highest BCUT2D eigenvalue weighted by Crippen LogP contribution is 2.22. The smallest absolute Gasteiger partial charge is 0.287 e. The van der Waals surface area contributed by atoms with Crippen molar-refractivity contribution >= 4 is 33.9 Å². The van der Waals surface area contributed by atoms with E-state index in [-0.39, 0.29) is 10.4 Å². The minimum atomic E-state index is -0.458. The van der Waals surface area contributed by atoms with Crippen LogP contribution >= 0.6 is 23.5 Å². The molecule has 0 aliphatic carbocycles. The second kappa shape index (κ2) is 9.97. The van der Waals surface area contributed by atoms with Crippen LogP contribution < -0.4 is 10.1 Å². The van der Waals surface area contributed by atoms with Crippen LogP contribution in [0.1, 0.15) is 22.9 Å². The Kier molecular flexibility index (Phi) is 6.88. The normalized spacial score (nSPS) is 15.8. The van der Waals surface area contributed by atoms with E-state index >= 15 is 0 Å². The highest BCUT2D eigenvalue weighted by Gasteiger charge is 2.31. The number of hydrogen-bond acceptors (Lipinski definition) is 9. The number of carbonyl (C=O) groups excluding carboxylic acids is 2. The minimum Gasteiger partial charge on any atom is -0.493 e. The first-order valence-corrected chi connectivity index (χ1v) is 11.5. The maximum Gasteiger partial charge on any atom is 0.287 e. The van der Waals surface area contributed by atoms with E-state index in [2.05, 4.69) is 20.3 Å². The second-order valence-corrected chi connectivity index (χ2v) is 8.70. The first kappa shape index (κ1) is 21.4. The maximum absolute atomic E-state index is 11.7. The summed E-state index contributed by atoms with van der Waals surface area (Å²) in [7, 11) is 0. The van der Waals surface area contributed by atoms with Crippen molar-refractivity contribution in [3.05, 3.63) is 65.6 Å². The number of nitrogens with zero attached hydrogens (tertiary/aromatic N) is 3. The van der Waals surface area contributed by atoms with Gasteiger partial charge in [0.2, 0.25) is 11.0 Å². The van der Waals surface area contributed by atoms with E-state index in [0.29, 0.717) is 36.2 Å². The molecule has 0 spiro atoms. The molecule has 0 radical (unpaired) electrons. The van der Waals surface area contributed by atoms with E-state index in [4.69, 9.17) is 9.15 Å². The zero-order valence-corrected chi connectivity index (χ0v) is 18.4. The molecule has 1 aliphatic heterocycles. The fourth-order valence-electron chi connectivity index (χ4n) is 3.02. The van der Waals surface area contributed by atoms with Crippen molar-refractivity contribution in [3.63, 3.8) is 0 Å². The lowest BCUT2D eigenvalue weighted by Gasteiger charge is -2.09. The number of nitrogens with one attached hydrogen (secondary N) is 1. The van der Waals surface area contributed by atoms with Gasteiger partial charge >= 0.3 is 0 Å². The van der Waals surface area contributed by atoms with E-state index in [1.807, 2.05) is 31.2 Å². The number of rotatable bonds is 9. The average molecular weight is 457 g/mol. The van der Waals surface area contributed by atoms with Gasteiger partial charge in [-0.2, -0.15) is 0 Å². The maximum atomic E-state index is 11.7. The summed E-state index contributed by atoms with van der Waals surface area (Å²) in [6.07, 6.45) is 4.52. The van der Waals surface area contributed by atoms with Crippen molar-refractivity contribution in [2.75, 3.05) is 6.61 Å². The molecule has 1 fully saturated rings. The third-order valence-electron chi connectivity index (χ3n) is 4.54. The summed E-state index contributed by atoms with van der Waals surface area (Å²) >= 11 is 2.20. The molecule has 10 heteroatoms. The summed E-state index contributed by atoms with van der Waals surface area (Å²) in [5, 5.41) is 2.93. The van der Waals surface area contributed by atoms with Crippen LogP contribution in [0.4, 0.5) is 4.79 Å². The van der Waals surface area contributed by atoms with Crippen LogP contribution in [0, 0.1) is 6.92 Å². The number of amides is 1. The monoisotopic (exact) mass is 456 g/mol. The molecule has 1 amide bonds. The number of oxazole rings is 1. The van der Waals surface area contributed by atoms with E-state index in [1.54, 1.807) is 18.5 Å². The van der Waals surface area contributed by atoms with Gasteiger partial charge < -0.3 is 14.5 Å². The highest BCUT2D eigenvalue weighted by atomic mass is 32.2. The quantitative estimate of drug-likeness (QED) is 0.382. The summed E-state index contributed by atoms with van der Waals surface area (Å²) in [6, 6.07) is 8.85. The summed E-state index contributed by atoms with van der Waals surface area (Å²) in [4.78, 5) is 35.9. The van der Waals surface area contributed by atoms with Gasteiger partial charge in [0, 0.05) is 37.0 Å². The van der Waals surface area contributed by atoms with Crippen LogP contribution in [0.2, 0.25) is 0 Å². The van der Waals surface area contributed by atoms with Crippen LogP contribution in [-0.4, -0.2) is 38.0 Å². The van der Waals surface area contributed by atoms with Crippen LogP contribution in [0.25, 0.3) is 0 Å². The Morgan fingerprint density at radius 1 is 1.19 bits per heavy atom. The van der Waals surface area contributed by atoms with E-state index in [0.717, 1.165) is 34.5 Å². The molecule has 4 rings (SSSR count). The summed E-state index contributed by atoms with van der Waals surface area (Å²) in [5.74, 6) is 2.72. The molecular weight excluding hydrogens is 436 g/mol. The molecule has 3 aromatic rings. The van der Waals surface area contributed by atoms with Gasteiger partial charge in [0.1, 0.15) is 17.6 Å². The van der Waals surface area contributed by atoms with Gasteiger partial charge in [-0.15, -0.1) is 0 Å². The molecule has 1 unspecified atom stereocenters. The molecule has 0 saturated carbocycles. The number of thioether (sulfide) groups is 2. The van der Waals surface area contributed by atoms with Crippen molar-refractivity contribution in [1.29, 1.82) is 0 Å². The Bertz CT molecular complexity index is 1060. The zero-order chi connectivity index (χ0) is 21.6. The van der Waals surface area contributed by atoms with Gasteiger partial charge in [0.05, 0.1) is 18.1 Å². The number of hydrogen-bond donors (Lipinski definition) is 1. The van der Waals surface area contributed by atoms with Gasteiger partial charge in [0.15, 0.2) is 5.16 Å². The van der Waals surface area contributed by atoms with E-state index in [9.17, 15) is 9.59 Å². The number of benzene rings is 1. The predicted molar refractivity (Wildman–Crippen MR) is 117 cm³/mol. The first-order chi connectivity index (χ1) is 15.1. The van der Waals surface area contributed by atoms with Gasteiger partial charge in [-0.1, -0.05) is 23.9 Å². The molecule has 8 nitrogen and oxygen atoms in total. The summed E-state index contributed by atoms with van der Waals surface area (Å²) < 4.78 is 11.6. The van der Waals surface area contributed by atoms with Gasteiger partial charge in [-0.3, -0.25) is 9.59 Å². The van der Waals surface area contributed by atoms with Crippen LogP contribution in [0.5, 0.6) is 5.75 Å². The van der Waals surface area contributed by atoms with Crippen LogP contribution in [0.15, 0.2) is 52.3 Å². The molecular formula is C21H20N4O4S2. The van der Waals surface area contributed by atoms with Crippen molar-refractivity contribution in [2.24, 2.45) is 0 Å². The number of aromatic nitrogens is 3. The third kappa shape index (κ3) is 5.86. The summed E-state index contributed by atoms with van der Waals surface area (Å²) in [6.45, 7) is 2.36. The fourth-order valence-corrected chi connectivity index (χ4v) is 4.33. The molecule has 1 saturated heterocycles. The topological polar surface area (TPSA) is 107 Å². The lowest BCUT2D eigenvalue weighted by atomic mass is 10.1. The standard InChI is InChI=1S/C21H20N4O4S2/c1-13-16(24-18(29-13)12-30-20-22-8-2-9-23-20)7-10-28-15-5-3-14(4-6-15)11-17-19(26)31-21(27)25-17/h2-6,8-9,17H,7,10-12H2,1H3,(H,25,27). The molecule has 31 heavy (non-hydrogen) atoms. The molecule has 0 bridgehead atoms. The Balaban J connectivity index is 1.24. The molecule has 1 N–H and O–H groups in total. The number of aryl methyl sites for hydroxylation is 1. The minimum absolute atomic E-state index is 0.137. The van der Waals surface area contributed by atoms with Gasteiger partial charge in [0.25, 0.3) is 5.24 Å². The molecule has 3 heterocycles. The zero-order valence-electron chi connectivity index (χ0n) is 16.7. The lowest BCUT2D eigenvalue weighted by Crippen LogP contribution is -2.30. The average Bonchev–Trinajstić information content (AvgIpc) is 3.29. The molecule has 2 aromatic heterocycles. The van der Waals surface area contributed by atoms with Crippen molar-refractivity contribution in [2.45, 2.75) is 36.7 Å². The molecule has 1 aliphatic rings. The van der Waals surface area contributed by atoms with Crippen molar-refractivity contribution < 1.29 is 18.7 Å². The van der Waals surface area contributed by atoms with Crippen LogP contribution in [0.3, 0.4) is 0 Å². The predicted octanol–water partition coefficient (Wildman–Crippen LogP) is 3.58. The number of carbonyl (C=O) groups is 2. The van der Waals surface area contributed by atoms with Gasteiger partial charge in [-0.05, 0) is 30.7 Å². The Labute approximate surface area is 187 Å². The van der Waals surface area contributed by atoms with E-state index in [1.165, 1.54) is 11.8 Å². The number of ether oxygens (including phenoxy) is 1. The largest absolute Gasteiger partial charge is 0.493 e. The fraction of sp³-hybridized carbons (Fsp3) is 0.286. The summed E-state index contributed by atoms with van der Waals surface area (Å²) in [5.41, 5.74) is 1.83. The van der Waals surface area contributed by atoms with E-state index < -0.39 is 6.04 Å². The third-order valence-corrected chi connectivity index (χ3v) is 6.19. The SMILES string of the molecule is Cc1oc(CSc2ncccn2)nc1CCOc1ccc(CC2NC(=O)SC2=O)cc1. The van der Waals surface area contributed by atoms with Gasteiger partial charge in [-0.25, -0.2) is 15.0 Å². The van der Waals surface area contributed by atoms with Crippen LogP contribution in [-0.2, 0) is 23.4 Å².